The highest BCUT2D eigenvalue weighted by atomic mass is 79.9. The molecule has 1 aromatic heterocycles. The van der Waals surface area contributed by atoms with E-state index in [9.17, 15) is 0 Å². The van der Waals surface area contributed by atoms with Crippen LogP contribution in [0.3, 0.4) is 0 Å². The Hall–Kier alpha value is -2.07. The highest BCUT2D eigenvalue weighted by molar-refractivity contribution is 9.10. The molecule has 3 aromatic rings. The van der Waals surface area contributed by atoms with Gasteiger partial charge in [-0.2, -0.15) is 0 Å². The van der Waals surface area contributed by atoms with Crippen molar-refractivity contribution in [3.05, 3.63) is 64.8 Å². The molecule has 2 aromatic carbocycles. The number of hydrogen-bond acceptors (Lipinski definition) is 3. The van der Waals surface area contributed by atoms with Gasteiger partial charge in [0.1, 0.15) is 12.4 Å². The molecule has 0 amide bonds. The molecule has 0 aliphatic carbocycles. The molecule has 0 atom stereocenters. The second-order valence-corrected chi connectivity index (χ2v) is 5.37. The van der Waals surface area contributed by atoms with Crippen molar-refractivity contribution < 1.29 is 4.74 Å². The van der Waals surface area contributed by atoms with Crippen molar-refractivity contribution in [2.45, 2.75) is 6.61 Å². The van der Waals surface area contributed by atoms with Gasteiger partial charge < -0.3 is 10.5 Å². The minimum Gasteiger partial charge on any atom is -0.489 e. The maximum atomic E-state index is 5.96. The summed E-state index contributed by atoms with van der Waals surface area (Å²) < 4.78 is 6.83. The Morgan fingerprint density at radius 1 is 1.05 bits per heavy atom. The fourth-order valence-corrected chi connectivity index (χ4v) is 2.33. The monoisotopic (exact) mass is 328 g/mol. The van der Waals surface area contributed by atoms with Gasteiger partial charge in [-0.05, 0) is 42.5 Å². The Morgan fingerprint density at radius 3 is 2.65 bits per heavy atom. The van der Waals surface area contributed by atoms with Crippen molar-refractivity contribution in [3.63, 3.8) is 0 Å². The number of halogens is 1. The Bertz CT molecular complexity index is 741. The Labute approximate surface area is 125 Å². The third-order valence-corrected chi connectivity index (χ3v) is 3.62. The van der Waals surface area contributed by atoms with Gasteiger partial charge in [-0.25, -0.2) is 0 Å². The summed E-state index contributed by atoms with van der Waals surface area (Å²) in [6.07, 6.45) is 1.77. The van der Waals surface area contributed by atoms with Crippen LogP contribution in [0.4, 0.5) is 5.69 Å². The van der Waals surface area contributed by atoms with E-state index in [1.54, 1.807) is 6.20 Å². The molecule has 20 heavy (non-hydrogen) atoms. The van der Waals surface area contributed by atoms with Crippen molar-refractivity contribution in [2.24, 2.45) is 0 Å². The predicted octanol–water partition coefficient (Wildman–Crippen LogP) is 4.16. The normalized spacial score (nSPS) is 10.7. The Kier molecular flexibility index (Phi) is 3.56. The molecule has 3 rings (SSSR count). The molecule has 4 heteroatoms. The SMILES string of the molecule is Nc1ccc(COc2ccc(Br)cc2)c2ncccc12. The maximum absolute atomic E-state index is 5.96. The van der Waals surface area contributed by atoms with Crippen molar-refractivity contribution in [2.75, 3.05) is 5.73 Å². The highest BCUT2D eigenvalue weighted by Crippen LogP contribution is 2.24. The molecule has 0 saturated carbocycles. The third kappa shape index (κ3) is 2.60. The van der Waals surface area contributed by atoms with Crippen molar-refractivity contribution in [1.82, 2.24) is 4.98 Å². The number of benzene rings is 2. The number of nitrogens with zero attached hydrogens (tertiary/aromatic N) is 1. The first-order valence-electron chi connectivity index (χ1n) is 6.24. The molecule has 0 bridgehead atoms. The number of pyridine rings is 1. The lowest BCUT2D eigenvalue weighted by Gasteiger charge is -2.10. The minimum atomic E-state index is 0.468. The summed E-state index contributed by atoms with van der Waals surface area (Å²) in [5.41, 5.74) is 8.62. The third-order valence-electron chi connectivity index (χ3n) is 3.09. The van der Waals surface area contributed by atoms with Crippen LogP contribution in [0.15, 0.2) is 59.2 Å². The van der Waals surface area contributed by atoms with Crippen LogP contribution in [0.25, 0.3) is 10.9 Å². The molecule has 100 valence electrons. The number of nitrogens with two attached hydrogens (primary N) is 1. The van der Waals surface area contributed by atoms with Crippen LogP contribution >= 0.6 is 15.9 Å². The average molecular weight is 329 g/mol. The molecule has 0 aliphatic heterocycles. The van der Waals surface area contributed by atoms with E-state index in [1.807, 2.05) is 48.5 Å². The van der Waals surface area contributed by atoms with Crippen LogP contribution in [0.2, 0.25) is 0 Å². The van der Waals surface area contributed by atoms with Crippen LogP contribution in [0, 0.1) is 0 Å². The standard InChI is InChI=1S/C16H13BrN2O/c17-12-4-6-13(7-5-12)20-10-11-3-8-15(18)14-2-1-9-19-16(11)14/h1-9H,10,18H2. The number of rotatable bonds is 3. The lowest BCUT2D eigenvalue weighted by molar-refractivity contribution is 0.307. The molecule has 0 spiro atoms. The molecule has 3 nitrogen and oxygen atoms in total. The fourth-order valence-electron chi connectivity index (χ4n) is 2.06. The molecular formula is C16H13BrN2O. The molecule has 1 heterocycles. The van der Waals surface area contributed by atoms with Gasteiger partial charge in [-0.3, -0.25) is 4.98 Å². The van der Waals surface area contributed by atoms with Crippen LogP contribution in [-0.4, -0.2) is 4.98 Å². The van der Waals surface area contributed by atoms with E-state index in [0.29, 0.717) is 6.61 Å². The van der Waals surface area contributed by atoms with Crippen molar-refractivity contribution >= 4 is 32.5 Å². The lowest BCUT2D eigenvalue weighted by Crippen LogP contribution is -1.99. The number of aromatic nitrogens is 1. The Morgan fingerprint density at radius 2 is 1.85 bits per heavy atom. The van der Waals surface area contributed by atoms with E-state index >= 15 is 0 Å². The number of nitrogen functional groups attached to an aromatic ring is 1. The van der Waals surface area contributed by atoms with Gasteiger partial charge in [0.05, 0.1) is 5.52 Å². The largest absolute Gasteiger partial charge is 0.489 e. The van der Waals surface area contributed by atoms with Gasteiger partial charge in [0.2, 0.25) is 0 Å². The zero-order chi connectivity index (χ0) is 13.9. The molecule has 0 aliphatic rings. The summed E-state index contributed by atoms with van der Waals surface area (Å²) in [6, 6.07) is 15.5. The predicted molar refractivity (Wildman–Crippen MR) is 84.6 cm³/mol. The first-order chi connectivity index (χ1) is 9.74. The molecule has 0 unspecified atom stereocenters. The molecule has 0 fully saturated rings. The smallest absolute Gasteiger partial charge is 0.119 e. The van der Waals surface area contributed by atoms with Crippen LogP contribution in [-0.2, 0) is 6.61 Å². The quantitative estimate of drug-likeness (QED) is 0.734. The van der Waals surface area contributed by atoms with Crippen LogP contribution in [0.1, 0.15) is 5.56 Å². The summed E-state index contributed by atoms with van der Waals surface area (Å²) in [5, 5.41) is 0.962. The number of ether oxygens (including phenoxy) is 1. The summed E-state index contributed by atoms with van der Waals surface area (Å²) in [4.78, 5) is 4.40. The van der Waals surface area contributed by atoms with E-state index in [0.717, 1.165) is 32.4 Å². The van der Waals surface area contributed by atoms with Gasteiger partial charge in [-0.15, -0.1) is 0 Å². The number of fused-ring (bicyclic) bond motifs is 1. The maximum Gasteiger partial charge on any atom is 0.119 e. The second kappa shape index (κ2) is 5.51. The zero-order valence-electron chi connectivity index (χ0n) is 10.7. The van der Waals surface area contributed by atoms with Crippen LogP contribution < -0.4 is 10.5 Å². The number of hydrogen-bond donors (Lipinski definition) is 1. The first-order valence-corrected chi connectivity index (χ1v) is 7.04. The molecule has 0 radical (unpaired) electrons. The summed E-state index contributed by atoms with van der Waals surface area (Å²) in [6.45, 7) is 0.468. The highest BCUT2D eigenvalue weighted by Gasteiger charge is 2.05. The fraction of sp³-hybridized carbons (Fsp3) is 0.0625. The number of anilines is 1. The van der Waals surface area contributed by atoms with Gasteiger partial charge >= 0.3 is 0 Å². The second-order valence-electron chi connectivity index (χ2n) is 4.46. The summed E-state index contributed by atoms with van der Waals surface area (Å²) >= 11 is 3.40. The van der Waals surface area contributed by atoms with E-state index in [2.05, 4.69) is 20.9 Å². The van der Waals surface area contributed by atoms with Gasteiger partial charge in [0, 0.05) is 27.3 Å². The van der Waals surface area contributed by atoms with Gasteiger partial charge in [0.25, 0.3) is 0 Å². The lowest BCUT2D eigenvalue weighted by atomic mass is 10.1. The van der Waals surface area contributed by atoms with Gasteiger partial charge in [0.15, 0.2) is 0 Å². The molecule has 0 saturated heterocycles. The van der Waals surface area contributed by atoms with Crippen LogP contribution in [0.5, 0.6) is 5.75 Å². The summed E-state index contributed by atoms with van der Waals surface area (Å²) in [7, 11) is 0. The average Bonchev–Trinajstić information content (AvgIpc) is 2.49. The zero-order valence-corrected chi connectivity index (χ0v) is 12.3. The summed E-state index contributed by atoms with van der Waals surface area (Å²) in [5.74, 6) is 0.828. The van der Waals surface area contributed by atoms with Crippen molar-refractivity contribution in [3.8, 4) is 5.75 Å². The van der Waals surface area contributed by atoms with E-state index in [-0.39, 0.29) is 0 Å². The minimum absolute atomic E-state index is 0.468. The topological polar surface area (TPSA) is 48.1 Å². The molecular weight excluding hydrogens is 316 g/mol. The van der Waals surface area contributed by atoms with E-state index in [1.165, 1.54) is 0 Å². The van der Waals surface area contributed by atoms with Crippen molar-refractivity contribution in [1.29, 1.82) is 0 Å². The van der Waals surface area contributed by atoms with E-state index < -0.39 is 0 Å². The van der Waals surface area contributed by atoms with Gasteiger partial charge in [-0.1, -0.05) is 22.0 Å². The van der Waals surface area contributed by atoms with E-state index in [4.69, 9.17) is 10.5 Å². The molecule has 2 N–H and O–H groups in total. The first kappa shape index (κ1) is 12.9. The Balaban J connectivity index is 1.88.